The quantitative estimate of drug-likeness (QED) is 0.0776. The monoisotopic (exact) mass is 1020 g/mol. The van der Waals surface area contributed by atoms with Gasteiger partial charge in [0.05, 0.1) is 6.54 Å². The van der Waals surface area contributed by atoms with Crippen LogP contribution in [0.2, 0.25) is 0 Å². The van der Waals surface area contributed by atoms with Gasteiger partial charge in [-0.2, -0.15) is 0 Å². The van der Waals surface area contributed by atoms with Gasteiger partial charge in [-0.1, -0.05) is 89.9 Å². The summed E-state index contributed by atoms with van der Waals surface area (Å²) in [5.41, 5.74) is 1.37. The molecule has 0 aliphatic carbocycles. The molecule has 2 heterocycles. The normalized spacial score (nSPS) is 26.4. The highest BCUT2D eigenvalue weighted by Crippen LogP contribution is 2.27. The Bertz CT molecular complexity index is 2220. The zero-order valence-electron chi connectivity index (χ0n) is 44.7. The highest BCUT2D eigenvalue weighted by molar-refractivity contribution is 6.12. The summed E-state index contributed by atoms with van der Waals surface area (Å²) < 4.78 is 18.0. The van der Waals surface area contributed by atoms with Gasteiger partial charge in [0.25, 0.3) is 17.7 Å². The van der Waals surface area contributed by atoms with Gasteiger partial charge in [-0.05, 0) is 76.9 Å². The van der Waals surface area contributed by atoms with Crippen LogP contribution in [0.25, 0.3) is 0 Å². The van der Waals surface area contributed by atoms with E-state index in [0.717, 1.165) is 9.80 Å². The minimum absolute atomic E-state index is 0.0267. The van der Waals surface area contributed by atoms with E-state index in [9.17, 15) is 47.9 Å². The fourth-order valence-corrected chi connectivity index (χ4v) is 8.29. The number of benzene rings is 1. The predicted molar refractivity (Wildman–Crippen MR) is 271 cm³/mol. The summed E-state index contributed by atoms with van der Waals surface area (Å²) in [7, 11) is 2.82. The Hall–Kier alpha value is -6.66. The lowest BCUT2D eigenvalue weighted by molar-refractivity contribution is -0.161. The molecule has 3 rings (SSSR count). The van der Waals surface area contributed by atoms with E-state index in [2.05, 4.69) is 16.0 Å². The van der Waals surface area contributed by atoms with E-state index in [1.165, 1.54) is 58.0 Å². The molecule has 0 aromatic heterocycles. The minimum atomic E-state index is -1.34. The summed E-state index contributed by atoms with van der Waals surface area (Å²) in [5.74, 6) is -7.71. The highest BCUT2D eigenvalue weighted by atomic mass is 16.6. The Morgan fingerprint density at radius 3 is 2.07 bits per heavy atom. The Morgan fingerprint density at radius 1 is 0.836 bits per heavy atom. The molecule has 73 heavy (non-hydrogen) atoms. The average molecular weight is 1020 g/mol. The maximum atomic E-state index is 14.3. The van der Waals surface area contributed by atoms with Crippen molar-refractivity contribution in [1.82, 2.24) is 30.7 Å². The predicted octanol–water partition coefficient (Wildman–Crippen LogP) is 4.27. The molecule has 402 valence electrons. The number of rotatable bonds is 14. The number of allylic oxidation sites excluding steroid dienone is 1. The van der Waals surface area contributed by atoms with E-state index in [4.69, 9.17) is 14.2 Å². The lowest BCUT2D eigenvalue weighted by Gasteiger charge is -2.33. The number of imide groups is 1. The first-order valence-corrected chi connectivity index (χ1v) is 25.3. The first kappa shape index (κ1) is 60.6. The number of nitrogens with zero attached hydrogens (tertiary/aromatic N) is 3. The van der Waals surface area contributed by atoms with Crippen LogP contribution in [0.5, 0.6) is 0 Å². The fourth-order valence-electron chi connectivity index (χ4n) is 8.29. The van der Waals surface area contributed by atoms with Gasteiger partial charge in [0.15, 0.2) is 6.10 Å². The van der Waals surface area contributed by atoms with E-state index < -0.39 is 120 Å². The van der Waals surface area contributed by atoms with Crippen LogP contribution < -0.4 is 16.0 Å². The molecule has 0 saturated carbocycles. The van der Waals surface area contributed by atoms with Crippen molar-refractivity contribution in [2.45, 2.75) is 163 Å². The van der Waals surface area contributed by atoms with Crippen molar-refractivity contribution in [3.05, 3.63) is 71.3 Å². The number of carbonyl (C=O) groups is 10. The van der Waals surface area contributed by atoms with Crippen LogP contribution in [0.4, 0.5) is 0 Å². The van der Waals surface area contributed by atoms with Gasteiger partial charge in [-0.25, -0.2) is 9.59 Å². The third kappa shape index (κ3) is 18.4. The van der Waals surface area contributed by atoms with Gasteiger partial charge in [0.2, 0.25) is 23.6 Å². The molecule has 2 aliphatic heterocycles. The maximum absolute atomic E-state index is 14.3. The molecule has 9 atom stereocenters. The first-order chi connectivity index (χ1) is 34.4. The van der Waals surface area contributed by atoms with Gasteiger partial charge in [0.1, 0.15) is 36.4 Å². The number of esters is 3. The van der Waals surface area contributed by atoms with Crippen molar-refractivity contribution in [2.24, 2.45) is 17.8 Å². The largest absolute Gasteiger partial charge is 0.462 e. The summed E-state index contributed by atoms with van der Waals surface area (Å²) >= 11 is 0. The average Bonchev–Trinajstić information content (AvgIpc) is 3.67. The summed E-state index contributed by atoms with van der Waals surface area (Å²) in [5, 5.41) is 8.08. The molecule has 3 N–H and O–H groups in total. The van der Waals surface area contributed by atoms with Crippen molar-refractivity contribution in [3.63, 3.8) is 0 Å². The van der Waals surface area contributed by atoms with Gasteiger partial charge < -0.3 is 40.0 Å². The number of amides is 7. The van der Waals surface area contributed by atoms with Crippen LogP contribution in [0.3, 0.4) is 0 Å². The van der Waals surface area contributed by atoms with Gasteiger partial charge in [0, 0.05) is 63.5 Å². The van der Waals surface area contributed by atoms with E-state index in [1.807, 2.05) is 20.8 Å². The second kappa shape index (κ2) is 29.1. The molecule has 1 aromatic rings. The summed E-state index contributed by atoms with van der Waals surface area (Å²) in [6.45, 7) is 16.5. The van der Waals surface area contributed by atoms with Gasteiger partial charge >= 0.3 is 17.9 Å². The van der Waals surface area contributed by atoms with E-state index in [1.54, 1.807) is 64.1 Å². The lowest BCUT2D eigenvalue weighted by Crippen LogP contribution is -2.57. The van der Waals surface area contributed by atoms with E-state index in [-0.39, 0.29) is 43.7 Å². The zero-order chi connectivity index (χ0) is 54.7. The molecule has 19 heteroatoms. The standard InChI is InChI=1S/C54H78N6O13/c1-13-33(5)47-50(66)56-38(10)54(70)73-48(34(6)14-2)36(8)41(71-46(64)23-19-16-20-28-60-44(62)26-27-45(60)63)25-24-35(7)53(69)72-42(29-32(3)4)49(65)55-37(9)51(67)59(12)40(30-39-21-17-15-18-22-39)52(68)58(11)31-43(61)57-47/h14-15,17-18,21-22,24,26-27,32-33,36-38,40-42,47-48H,13,16,19-20,23,25,28-31H2,1-12H3,(H,55,65)(H,56,66)(H,57,61)/b34-14+,35-24+/t33?,36-,37-,38-,40+,41-,42+,47-,48+/m0/s1. The Labute approximate surface area is 430 Å². The molecule has 2 aliphatic rings. The molecular weight excluding hydrogens is 941 g/mol. The Balaban J connectivity index is 2.05. The van der Waals surface area contributed by atoms with Crippen molar-refractivity contribution in [3.8, 4) is 0 Å². The molecule has 19 nitrogen and oxygen atoms in total. The van der Waals surface area contributed by atoms with Crippen LogP contribution in [0, 0.1) is 17.8 Å². The third-order valence-electron chi connectivity index (χ3n) is 13.2. The highest BCUT2D eigenvalue weighted by Gasteiger charge is 2.38. The summed E-state index contributed by atoms with van der Waals surface area (Å²) in [6, 6.07) is 4.23. The molecule has 1 unspecified atom stereocenters. The SMILES string of the molecule is C/C=C(\C)[C@H]1OC(=O)[C@H](C)NC(=O)[C@H](C(C)CC)NC(=O)CN(C)C(=O)[C@@H](Cc2ccccc2)N(C)C(=O)[C@H](C)NC(=O)[C@@H](CC(C)C)OC(=O)/C(C)=C/C[C@H](OC(=O)CCCCCN2C(=O)C=CC2=O)[C@@H]1C. The van der Waals surface area contributed by atoms with Crippen molar-refractivity contribution < 1.29 is 62.2 Å². The van der Waals surface area contributed by atoms with Crippen LogP contribution >= 0.6 is 0 Å². The number of cyclic esters (lactones) is 2. The molecule has 0 bridgehead atoms. The molecule has 0 spiro atoms. The van der Waals surface area contributed by atoms with Crippen LogP contribution in [-0.4, -0.2) is 144 Å². The van der Waals surface area contributed by atoms with Crippen LogP contribution in [0.15, 0.2) is 65.8 Å². The van der Waals surface area contributed by atoms with E-state index >= 15 is 0 Å². The number of likely N-dealkylation sites (N-methyl/N-ethyl adjacent to an activating group) is 2. The summed E-state index contributed by atoms with van der Waals surface area (Å²) in [4.78, 5) is 139. The number of hydrogen-bond donors (Lipinski definition) is 3. The molecule has 7 amide bonds. The fraction of sp³-hybridized carbons (Fsp3) is 0.593. The minimum Gasteiger partial charge on any atom is -0.462 e. The van der Waals surface area contributed by atoms with Crippen molar-refractivity contribution in [1.29, 1.82) is 0 Å². The molecular formula is C54H78N6O13. The molecule has 0 fully saturated rings. The van der Waals surface area contributed by atoms with Crippen molar-refractivity contribution >= 4 is 59.3 Å². The van der Waals surface area contributed by atoms with Gasteiger partial charge in [-0.15, -0.1) is 0 Å². The zero-order valence-corrected chi connectivity index (χ0v) is 44.7. The second-order valence-electron chi connectivity index (χ2n) is 19.6. The summed E-state index contributed by atoms with van der Waals surface area (Å²) in [6.07, 6.45) is 4.13. The third-order valence-corrected chi connectivity index (χ3v) is 13.2. The smallest absolute Gasteiger partial charge is 0.334 e. The van der Waals surface area contributed by atoms with Crippen LogP contribution in [0.1, 0.15) is 120 Å². The second-order valence-corrected chi connectivity index (χ2v) is 19.6. The first-order valence-electron chi connectivity index (χ1n) is 25.3. The topological polar surface area (TPSA) is 244 Å². The van der Waals surface area contributed by atoms with Crippen molar-refractivity contribution in [2.75, 3.05) is 27.2 Å². The Morgan fingerprint density at radius 2 is 1.47 bits per heavy atom. The number of nitrogens with one attached hydrogen (secondary N) is 3. The number of ether oxygens (including phenoxy) is 3. The van der Waals surface area contributed by atoms with E-state index in [0.29, 0.717) is 36.8 Å². The van der Waals surface area contributed by atoms with Gasteiger partial charge in [-0.3, -0.25) is 43.3 Å². The number of carbonyl (C=O) groups excluding carboxylic acids is 10. The molecule has 0 saturated heterocycles. The lowest BCUT2D eigenvalue weighted by atomic mass is 9.90. The number of unbranched alkanes of at least 4 members (excludes halogenated alkanes) is 2. The van der Waals surface area contributed by atoms with Crippen LogP contribution in [-0.2, 0) is 68.6 Å². The Kier molecular flexibility index (Phi) is 24.2. The molecule has 0 radical (unpaired) electrons. The number of hydrogen-bond acceptors (Lipinski definition) is 13. The maximum Gasteiger partial charge on any atom is 0.334 e. The molecule has 1 aromatic carbocycles.